The summed E-state index contributed by atoms with van der Waals surface area (Å²) in [5.41, 5.74) is 6.35. The number of hydrogen-bond donors (Lipinski definition) is 2. The van der Waals surface area contributed by atoms with E-state index in [-0.39, 0.29) is 5.75 Å². The molecule has 3 nitrogen and oxygen atoms in total. The zero-order valence-corrected chi connectivity index (χ0v) is 7.81. The predicted octanol–water partition coefficient (Wildman–Crippen LogP) is 1.57. The van der Waals surface area contributed by atoms with Crippen LogP contribution in [0.3, 0.4) is 0 Å². The lowest BCUT2D eigenvalue weighted by Gasteiger charge is -2.01. The van der Waals surface area contributed by atoms with Gasteiger partial charge in [-0.1, -0.05) is 24.3 Å². The molecule has 1 rings (SSSR count). The Morgan fingerprint density at radius 2 is 2.21 bits per heavy atom. The van der Waals surface area contributed by atoms with Gasteiger partial charge in [-0.25, -0.2) is 0 Å². The van der Waals surface area contributed by atoms with Crippen LogP contribution in [0, 0.1) is 0 Å². The zero-order chi connectivity index (χ0) is 10.4. The quantitative estimate of drug-likeness (QED) is 0.710. The first kappa shape index (κ1) is 10.5. The topological polar surface area (TPSA) is 63.3 Å². The standard InChI is InChI=1S/C11H13NO2/c12-7-2-1-5-10-9(8-13)4-3-6-11(10)14/h1,3-6,8,14H,2,7,12H2. The Bertz CT molecular complexity index is 345. The number of carbonyl (C=O) groups excluding carboxylic acids is 1. The first-order valence-electron chi connectivity index (χ1n) is 4.43. The van der Waals surface area contributed by atoms with Crippen LogP contribution in [0.1, 0.15) is 22.3 Å². The minimum Gasteiger partial charge on any atom is -0.507 e. The van der Waals surface area contributed by atoms with Gasteiger partial charge < -0.3 is 10.8 Å². The van der Waals surface area contributed by atoms with Crippen molar-refractivity contribution in [1.82, 2.24) is 0 Å². The number of nitrogens with two attached hydrogens (primary N) is 1. The van der Waals surface area contributed by atoms with Crippen LogP contribution in [0.2, 0.25) is 0 Å². The van der Waals surface area contributed by atoms with Crippen LogP contribution in [-0.4, -0.2) is 17.9 Å². The summed E-state index contributed by atoms with van der Waals surface area (Å²) in [5, 5.41) is 9.48. The van der Waals surface area contributed by atoms with Gasteiger partial charge in [0.25, 0.3) is 0 Å². The molecule has 0 spiro atoms. The molecule has 0 aliphatic rings. The van der Waals surface area contributed by atoms with Crippen molar-refractivity contribution in [3.8, 4) is 5.75 Å². The van der Waals surface area contributed by atoms with Crippen molar-refractivity contribution in [3.05, 3.63) is 35.4 Å². The lowest BCUT2D eigenvalue weighted by Crippen LogP contribution is -1.95. The summed E-state index contributed by atoms with van der Waals surface area (Å²) in [6, 6.07) is 4.85. The Hall–Kier alpha value is -1.61. The third-order valence-corrected chi connectivity index (χ3v) is 1.86. The second kappa shape index (κ2) is 5.19. The van der Waals surface area contributed by atoms with Gasteiger partial charge in [-0.3, -0.25) is 4.79 Å². The number of hydrogen-bond acceptors (Lipinski definition) is 3. The SMILES string of the molecule is NCCC=Cc1c(O)cccc1C=O. The lowest BCUT2D eigenvalue weighted by atomic mass is 10.1. The van der Waals surface area contributed by atoms with Crippen molar-refractivity contribution in [2.45, 2.75) is 6.42 Å². The van der Waals surface area contributed by atoms with E-state index in [0.717, 1.165) is 12.7 Å². The second-order valence-electron chi connectivity index (χ2n) is 2.88. The number of carbonyl (C=O) groups is 1. The van der Waals surface area contributed by atoms with Crippen molar-refractivity contribution in [2.75, 3.05) is 6.54 Å². The van der Waals surface area contributed by atoms with Gasteiger partial charge in [0, 0.05) is 11.1 Å². The molecule has 74 valence electrons. The molecule has 1 aromatic rings. The highest BCUT2D eigenvalue weighted by Gasteiger charge is 2.02. The lowest BCUT2D eigenvalue weighted by molar-refractivity contribution is 0.112. The van der Waals surface area contributed by atoms with Crippen molar-refractivity contribution in [3.63, 3.8) is 0 Å². The Morgan fingerprint density at radius 1 is 1.43 bits per heavy atom. The Labute approximate surface area is 82.9 Å². The van der Waals surface area contributed by atoms with Gasteiger partial charge in [0.1, 0.15) is 5.75 Å². The van der Waals surface area contributed by atoms with Crippen LogP contribution in [0.15, 0.2) is 24.3 Å². The average Bonchev–Trinajstić information content (AvgIpc) is 2.20. The van der Waals surface area contributed by atoms with E-state index in [1.165, 1.54) is 0 Å². The molecule has 0 aliphatic heterocycles. The maximum Gasteiger partial charge on any atom is 0.150 e. The fourth-order valence-electron chi connectivity index (χ4n) is 1.15. The zero-order valence-electron chi connectivity index (χ0n) is 7.81. The Kier molecular flexibility index (Phi) is 3.88. The largest absolute Gasteiger partial charge is 0.507 e. The molecule has 3 N–H and O–H groups in total. The van der Waals surface area contributed by atoms with E-state index >= 15 is 0 Å². The van der Waals surface area contributed by atoms with E-state index in [4.69, 9.17) is 5.73 Å². The number of phenols is 1. The van der Waals surface area contributed by atoms with Gasteiger partial charge in [-0.15, -0.1) is 0 Å². The fourth-order valence-corrected chi connectivity index (χ4v) is 1.15. The molecule has 0 radical (unpaired) electrons. The van der Waals surface area contributed by atoms with Gasteiger partial charge in [0.2, 0.25) is 0 Å². The summed E-state index contributed by atoms with van der Waals surface area (Å²) in [6.45, 7) is 0.556. The monoisotopic (exact) mass is 191 g/mol. The first-order chi connectivity index (χ1) is 6.79. The number of aromatic hydroxyl groups is 1. The molecule has 0 saturated heterocycles. The normalized spacial score (nSPS) is 10.6. The maximum atomic E-state index is 10.6. The molecule has 0 saturated carbocycles. The molecule has 1 aromatic carbocycles. The predicted molar refractivity (Wildman–Crippen MR) is 56.2 cm³/mol. The first-order valence-corrected chi connectivity index (χ1v) is 4.43. The van der Waals surface area contributed by atoms with Crippen LogP contribution in [0.5, 0.6) is 5.75 Å². The number of aldehydes is 1. The minimum absolute atomic E-state index is 0.114. The van der Waals surface area contributed by atoms with E-state index in [9.17, 15) is 9.90 Å². The van der Waals surface area contributed by atoms with E-state index < -0.39 is 0 Å². The van der Waals surface area contributed by atoms with Crippen LogP contribution in [-0.2, 0) is 0 Å². The minimum atomic E-state index is 0.114. The summed E-state index contributed by atoms with van der Waals surface area (Å²) >= 11 is 0. The molecular formula is C11H13NO2. The fraction of sp³-hybridized carbons (Fsp3) is 0.182. The van der Waals surface area contributed by atoms with Crippen LogP contribution >= 0.6 is 0 Å². The summed E-state index contributed by atoms with van der Waals surface area (Å²) in [7, 11) is 0. The number of phenolic OH excluding ortho intramolecular Hbond substituents is 1. The van der Waals surface area contributed by atoms with Crippen LogP contribution < -0.4 is 5.73 Å². The molecule has 0 aromatic heterocycles. The summed E-state index contributed by atoms with van der Waals surface area (Å²) < 4.78 is 0. The smallest absolute Gasteiger partial charge is 0.150 e. The van der Waals surface area contributed by atoms with Crippen LogP contribution in [0.4, 0.5) is 0 Å². The molecule has 3 heteroatoms. The molecule has 0 amide bonds. The Balaban J connectivity index is 2.98. The van der Waals surface area contributed by atoms with E-state index in [2.05, 4.69) is 0 Å². The van der Waals surface area contributed by atoms with Crippen molar-refractivity contribution >= 4 is 12.4 Å². The highest BCUT2D eigenvalue weighted by atomic mass is 16.3. The van der Waals surface area contributed by atoms with E-state index in [1.807, 2.05) is 6.08 Å². The highest BCUT2D eigenvalue weighted by molar-refractivity contribution is 5.83. The molecule has 0 aliphatic carbocycles. The molecule has 0 heterocycles. The van der Waals surface area contributed by atoms with Crippen molar-refractivity contribution in [1.29, 1.82) is 0 Å². The molecule has 14 heavy (non-hydrogen) atoms. The molecule has 0 unspecified atom stereocenters. The number of rotatable bonds is 4. The molecular weight excluding hydrogens is 178 g/mol. The molecule has 0 atom stereocenters. The summed E-state index contributed by atoms with van der Waals surface area (Å²) in [4.78, 5) is 10.6. The Morgan fingerprint density at radius 3 is 2.86 bits per heavy atom. The third-order valence-electron chi connectivity index (χ3n) is 1.86. The van der Waals surface area contributed by atoms with Crippen molar-refractivity contribution in [2.24, 2.45) is 5.73 Å². The average molecular weight is 191 g/mol. The van der Waals surface area contributed by atoms with Gasteiger partial charge >= 0.3 is 0 Å². The van der Waals surface area contributed by atoms with Gasteiger partial charge in [0.15, 0.2) is 6.29 Å². The maximum absolute atomic E-state index is 10.6. The summed E-state index contributed by atoms with van der Waals surface area (Å²) in [5.74, 6) is 0.114. The van der Waals surface area contributed by atoms with E-state index in [0.29, 0.717) is 17.7 Å². The number of benzene rings is 1. The third kappa shape index (κ3) is 2.44. The van der Waals surface area contributed by atoms with E-state index in [1.54, 1.807) is 24.3 Å². The molecule has 0 bridgehead atoms. The van der Waals surface area contributed by atoms with Gasteiger partial charge in [0.05, 0.1) is 0 Å². The van der Waals surface area contributed by atoms with Gasteiger partial charge in [-0.05, 0) is 19.0 Å². The second-order valence-corrected chi connectivity index (χ2v) is 2.88. The summed E-state index contributed by atoms with van der Waals surface area (Å²) in [6.07, 6.45) is 5.00. The van der Waals surface area contributed by atoms with Gasteiger partial charge in [-0.2, -0.15) is 0 Å². The molecule has 0 fully saturated rings. The highest BCUT2D eigenvalue weighted by Crippen LogP contribution is 2.21. The van der Waals surface area contributed by atoms with Crippen molar-refractivity contribution < 1.29 is 9.90 Å². The van der Waals surface area contributed by atoms with Crippen LogP contribution in [0.25, 0.3) is 6.08 Å².